The summed E-state index contributed by atoms with van der Waals surface area (Å²) in [5.74, 6) is -0.0457. The maximum absolute atomic E-state index is 12.5. The van der Waals surface area contributed by atoms with Crippen molar-refractivity contribution in [1.29, 1.82) is 0 Å². The van der Waals surface area contributed by atoms with Gasteiger partial charge in [0.1, 0.15) is 0 Å². The molecule has 1 fully saturated rings. The molecule has 24 heavy (non-hydrogen) atoms. The molecule has 6 nitrogen and oxygen atoms in total. The maximum Gasteiger partial charge on any atom is 0.197 e. The molecule has 0 saturated carbocycles. The Morgan fingerprint density at radius 1 is 1.29 bits per heavy atom. The van der Waals surface area contributed by atoms with E-state index in [9.17, 15) is 15.0 Å². The lowest BCUT2D eigenvalue weighted by molar-refractivity contribution is -0.121. The van der Waals surface area contributed by atoms with E-state index >= 15 is 0 Å². The second-order valence-electron chi connectivity index (χ2n) is 6.98. The number of Topliss-reactive ketones (excluding diaryl/α,β-unsaturated/α-hetero) is 1. The van der Waals surface area contributed by atoms with E-state index in [1.807, 2.05) is 13.1 Å². The highest BCUT2D eigenvalue weighted by Gasteiger charge is 2.62. The van der Waals surface area contributed by atoms with Gasteiger partial charge in [-0.25, -0.2) is 0 Å². The van der Waals surface area contributed by atoms with Crippen molar-refractivity contribution in [2.75, 3.05) is 27.8 Å². The van der Waals surface area contributed by atoms with Gasteiger partial charge in [0.05, 0.1) is 13.2 Å². The van der Waals surface area contributed by atoms with Crippen LogP contribution in [0.4, 0.5) is 0 Å². The summed E-state index contributed by atoms with van der Waals surface area (Å²) in [6.45, 7) is 0.617. The van der Waals surface area contributed by atoms with Crippen LogP contribution < -0.4 is 0 Å². The summed E-state index contributed by atoms with van der Waals surface area (Å²) in [7, 11) is 5.15. The number of ether oxygens (including phenoxy) is 2. The largest absolute Gasteiger partial charge is 0.504 e. The highest BCUT2D eigenvalue weighted by molar-refractivity contribution is 5.96. The zero-order valence-corrected chi connectivity index (χ0v) is 13.9. The number of aromatic hydroxyl groups is 2. The van der Waals surface area contributed by atoms with Gasteiger partial charge in [-0.3, -0.25) is 9.69 Å². The van der Waals surface area contributed by atoms with E-state index in [1.54, 1.807) is 13.2 Å². The number of phenols is 2. The molecule has 2 aliphatic carbocycles. The zero-order chi connectivity index (χ0) is 17.2. The van der Waals surface area contributed by atoms with Crippen LogP contribution in [0, 0.1) is 5.92 Å². The molecule has 0 amide bonds. The number of carbonyl (C=O) groups is 1. The summed E-state index contributed by atoms with van der Waals surface area (Å²) in [6.07, 6.45) is 1.87. The molecule has 1 aromatic carbocycles. The number of likely N-dealkylation sites (tertiary alicyclic amines) is 1. The number of benzene rings is 1. The Hall–Kier alpha value is -2.05. The second kappa shape index (κ2) is 4.97. The molecule has 1 heterocycles. The molecule has 1 unspecified atom stereocenters. The number of ketones is 1. The van der Waals surface area contributed by atoms with Crippen molar-refractivity contribution >= 4 is 5.78 Å². The minimum atomic E-state index is -0.564. The van der Waals surface area contributed by atoms with E-state index < -0.39 is 5.41 Å². The highest BCUT2D eigenvalue weighted by atomic mass is 16.5. The standard InChI is InChI=1S/C18H21NO5/c1-19-8-18-7-12(21)13(23-2)6-10(18)15(19)17(24-3)9-4-5-11(20)16(22)14(9)18/h4-6,10,15,17,20,22H,7-8H2,1-3H3/t10?,15-,17-,18+/m1/s1. The number of rotatable bonds is 2. The van der Waals surface area contributed by atoms with E-state index in [0.717, 1.165) is 5.56 Å². The molecule has 4 rings (SSSR count). The van der Waals surface area contributed by atoms with Crippen molar-refractivity contribution in [3.63, 3.8) is 0 Å². The Balaban J connectivity index is 2.03. The first-order valence-electron chi connectivity index (χ1n) is 8.02. The molecule has 128 valence electrons. The SMILES string of the molecule is COC1=CC2[C@@H]3[C@H](OC)c4ccc(O)c(O)c4[C@@]2(CC1=O)CN3C. The summed E-state index contributed by atoms with van der Waals surface area (Å²) >= 11 is 0. The molecule has 2 N–H and O–H groups in total. The summed E-state index contributed by atoms with van der Waals surface area (Å²) in [4.78, 5) is 14.7. The summed E-state index contributed by atoms with van der Waals surface area (Å²) in [5.41, 5.74) is 0.922. The van der Waals surface area contributed by atoms with Crippen molar-refractivity contribution in [3.05, 3.63) is 35.1 Å². The highest BCUT2D eigenvalue weighted by Crippen LogP contribution is 2.61. The number of phenolic OH excluding ortho intramolecular Hbond substituents is 2. The number of hydrogen-bond acceptors (Lipinski definition) is 6. The molecule has 0 aromatic heterocycles. The van der Waals surface area contributed by atoms with Crippen LogP contribution in [0.5, 0.6) is 11.5 Å². The maximum atomic E-state index is 12.5. The average Bonchev–Trinajstić information content (AvgIpc) is 2.77. The van der Waals surface area contributed by atoms with E-state index in [4.69, 9.17) is 9.47 Å². The number of fused-ring (bicyclic) bond motifs is 1. The number of methoxy groups -OCH3 is 2. The van der Waals surface area contributed by atoms with Gasteiger partial charge >= 0.3 is 0 Å². The molecule has 4 atom stereocenters. The fourth-order valence-electron chi connectivity index (χ4n) is 5.06. The van der Waals surface area contributed by atoms with Crippen LogP contribution in [0.15, 0.2) is 24.0 Å². The lowest BCUT2D eigenvalue weighted by Gasteiger charge is -2.45. The second-order valence-corrected chi connectivity index (χ2v) is 6.98. The van der Waals surface area contributed by atoms with E-state index in [1.165, 1.54) is 13.2 Å². The van der Waals surface area contributed by atoms with Crippen molar-refractivity contribution in [2.24, 2.45) is 5.92 Å². The summed E-state index contributed by atoms with van der Waals surface area (Å²) in [6, 6.07) is 3.32. The molecular weight excluding hydrogens is 310 g/mol. The lowest BCUT2D eigenvalue weighted by Crippen LogP contribution is -2.47. The van der Waals surface area contributed by atoms with Crippen molar-refractivity contribution in [2.45, 2.75) is 24.0 Å². The molecule has 1 aromatic rings. The van der Waals surface area contributed by atoms with Crippen molar-refractivity contribution in [3.8, 4) is 11.5 Å². The first kappa shape index (κ1) is 15.5. The van der Waals surface area contributed by atoms with Crippen LogP contribution in [-0.4, -0.2) is 54.8 Å². The van der Waals surface area contributed by atoms with Gasteiger partial charge in [-0.05, 0) is 24.8 Å². The average molecular weight is 331 g/mol. The van der Waals surface area contributed by atoms with Crippen LogP contribution in [-0.2, 0) is 19.7 Å². The summed E-state index contributed by atoms with van der Waals surface area (Å²) < 4.78 is 11.0. The minimum absolute atomic E-state index is 0.0275. The fourth-order valence-corrected chi connectivity index (χ4v) is 5.06. The minimum Gasteiger partial charge on any atom is -0.504 e. The Labute approximate surface area is 140 Å². The molecule has 0 radical (unpaired) electrons. The first-order valence-corrected chi connectivity index (χ1v) is 8.02. The quantitative estimate of drug-likeness (QED) is 0.799. The molecule has 2 bridgehead atoms. The van der Waals surface area contributed by atoms with Gasteiger partial charge in [-0.15, -0.1) is 0 Å². The molecule has 1 aliphatic heterocycles. The molecular formula is C18H21NO5. The van der Waals surface area contributed by atoms with Gasteiger partial charge in [0.2, 0.25) is 0 Å². The smallest absolute Gasteiger partial charge is 0.197 e. The van der Waals surface area contributed by atoms with Gasteiger partial charge in [-0.2, -0.15) is 0 Å². The van der Waals surface area contributed by atoms with E-state index in [-0.39, 0.29) is 41.8 Å². The van der Waals surface area contributed by atoms with Gasteiger partial charge in [-0.1, -0.05) is 6.07 Å². The van der Waals surface area contributed by atoms with Crippen molar-refractivity contribution < 1.29 is 24.5 Å². The molecule has 6 heteroatoms. The molecule has 3 aliphatic rings. The number of nitrogens with zero attached hydrogens (tertiary/aromatic N) is 1. The Morgan fingerprint density at radius 3 is 2.71 bits per heavy atom. The lowest BCUT2D eigenvalue weighted by atomic mass is 9.59. The predicted molar refractivity (Wildman–Crippen MR) is 85.8 cm³/mol. The fraction of sp³-hybridized carbons (Fsp3) is 0.500. The normalized spacial score (nSPS) is 34.5. The Kier molecular flexibility index (Phi) is 3.21. The van der Waals surface area contributed by atoms with Gasteiger partial charge in [0, 0.05) is 43.0 Å². The molecule has 1 saturated heterocycles. The predicted octanol–water partition coefficient (Wildman–Crippen LogP) is 1.47. The zero-order valence-electron chi connectivity index (χ0n) is 13.9. The topological polar surface area (TPSA) is 79.2 Å². The van der Waals surface area contributed by atoms with Crippen LogP contribution in [0.2, 0.25) is 0 Å². The number of carbonyl (C=O) groups excluding carboxylic acids is 1. The van der Waals surface area contributed by atoms with Gasteiger partial charge in [0.15, 0.2) is 23.0 Å². The third-order valence-electron chi connectivity index (χ3n) is 5.91. The third kappa shape index (κ3) is 1.70. The number of allylic oxidation sites excluding steroid dienone is 1. The van der Waals surface area contributed by atoms with Crippen LogP contribution in [0.1, 0.15) is 23.7 Å². The third-order valence-corrected chi connectivity index (χ3v) is 5.91. The number of likely N-dealkylation sites (N-methyl/N-ethyl adjacent to an activating group) is 1. The Morgan fingerprint density at radius 2 is 2.04 bits per heavy atom. The van der Waals surface area contributed by atoms with Gasteiger partial charge in [0.25, 0.3) is 0 Å². The first-order chi connectivity index (χ1) is 11.4. The van der Waals surface area contributed by atoms with Crippen LogP contribution in [0.25, 0.3) is 0 Å². The Bertz CT molecular complexity index is 758. The van der Waals surface area contributed by atoms with Gasteiger partial charge < -0.3 is 19.7 Å². The van der Waals surface area contributed by atoms with Crippen LogP contribution >= 0.6 is 0 Å². The number of hydrogen-bond donors (Lipinski definition) is 2. The van der Waals surface area contributed by atoms with E-state index in [0.29, 0.717) is 17.9 Å². The molecule has 0 spiro atoms. The monoisotopic (exact) mass is 331 g/mol. The van der Waals surface area contributed by atoms with Crippen LogP contribution in [0.3, 0.4) is 0 Å². The van der Waals surface area contributed by atoms with Crippen molar-refractivity contribution in [1.82, 2.24) is 4.90 Å². The van der Waals surface area contributed by atoms with E-state index in [2.05, 4.69) is 4.90 Å². The summed E-state index contributed by atoms with van der Waals surface area (Å²) in [5, 5.41) is 20.7.